The Bertz CT molecular complexity index is 964. The summed E-state index contributed by atoms with van der Waals surface area (Å²) in [6.45, 7) is 3.37. The molecule has 0 saturated carbocycles. The molecular weight excluding hydrogens is 407 g/mol. The van der Waals surface area contributed by atoms with Crippen LogP contribution < -0.4 is 10.6 Å². The van der Waals surface area contributed by atoms with Crippen molar-refractivity contribution in [2.45, 2.75) is 26.4 Å². The second-order valence-corrected chi connectivity index (χ2v) is 6.76. The normalized spacial score (nSPS) is 11.3. The van der Waals surface area contributed by atoms with Gasteiger partial charge in [-0.2, -0.15) is 0 Å². The summed E-state index contributed by atoms with van der Waals surface area (Å²) in [6.07, 6.45) is 0. The fourth-order valence-corrected chi connectivity index (χ4v) is 2.75. The predicted octanol–water partition coefficient (Wildman–Crippen LogP) is 2.02. The number of hydrogen-bond acceptors (Lipinski definition) is 5. The Morgan fingerprint density at radius 3 is 2.45 bits per heavy atom. The molecule has 0 unspecified atom stereocenters. The number of halogens is 1. The molecule has 0 aromatic heterocycles. The number of nitro groups is 1. The lowest BCUT2D eigenvalue weighted by Crippen LogP contribution is -2.49. The molecule has 2 aromatic carbocycles. The Labute approximate surface area is 178 Å². The van der Waals surface area contributed by atoms with Crippen LogP contribution in [0.15, 0.2) is 48.5 Å². The van der Waals surface area contributed by atoms with E-state index in [0.717, 1.165) is 6.07 Å². The molecule has 0 aliphatic rings. The molecule has 31 heavy (non-hydrogen) atoms. The van der Waals surface area contributed by atoms with Crippen molar-refractivity contribution in [3.05, 3.63) is 75.6 Å². The Morgan fingerprint density at radius 1 is 1.16 bits per heavy atom. The number of hydrogen-bond donors (Lipinski definition) is 2. The first-order chi connectivity index (χ1) is 14.7. The molecule has 1 atom stereocenters. The Kier molecular flexibility index (Phi) is 8.18. The number of amides is 3. The van der Waals surface area contributed by atoms with E-state index in [1.165, 1.54) is 42.2 Å². The summed E-state index contributed by atoms with van der Waals surface area (Å²) in [5.74, 6) is -1.89. The van der Waals surface area contributed by atoms with Crippen LogP contribution in [0.5, 0.6) is 0 Å². The van der Waals surface area contributed by atoms with Crippen molar-refractivity contribution in [3.63, 3.8) is 0 Å². The van der Waals surface area contributed by atoms with Gasteiger partial charge in [-0.05, 0) is 37.6 Å². The molecule has 2 rings (SSSR count). The van der Waals surface area contributed by atoms with Crippen LogP contribution in [0.4, 0.5) is 10.1 Å². The van der Waals surface area contributed by atoms with E-state index >= 15 is 0 Å². The molecular formula is C21H23FN4O5. The summed E-state index contributed by atoms with van der Waals surface area (Å²) >= 11 is 0. The molecule has 10 heteroatoms. The Morgan fingerprint density at radius 2 is 1.84 bits per heavy atom. The Balaban J connectivity index is 1.91. The van der Waals surface area contributed by atoms with Gasteiger partial charge in [0, 0.05) is 30.8 Å². The van der Waals surface area contributed by atoms with Gasteiger partial charge in [0.05, 0.1) is 11.5 Å². The number of non-ortho nitro benzene ring substituents is 1. The summed E-state index contributed by atoms with van der Waals surface area (Å²) in [4.78, 5) is 48.7. The van der Waals surface area contributed by atoms with E-state index in [0.29, 0.717) is 5.56 Å². The van der Waals surface area contributed by atoms with Gasteiger partial charge in [0.15, 0.2) is 0 Å². The molecule has 0 heterocycles. The number of rotatable bonds is 9. The highest BCUT2D eigenvalue weighted by Crippen LogP contribution is 2.13. The number of nitro benzene ring substituents is 1. The van der Waals surface area contributed by atoms with Crippen LogP contribution in [0.2, 0.25) is 0 Å². The van der Waals surface area contributed by atoms with Gasteiger partial charge in [-0.15, -0.1) is 0 Å². The number of carbonyl (C=O) groups is 3. The molecule has 0 fully saturated rings. The van der Waals surface area contributed by atoms with Gasteiger partial charge in [-0.25, -0.2) is 4.39 Å². The summed E-state index contributed by atoms with van der Waals surface area (Å²) < 4.78 is 12.9. The first-order valence-corrected chi connectivity index (χ1v) is 9.56. The van der Waals surface area contributed by atoms with Crippen molar-refractivity contribution in [1.82, 2.24) is 15.5 Å². The van der Waals surface area contributed by atoms with E-state index in [9.17, 15) is 28.9 Å². The number of likely N-dealkylation sites (N-methyl/N-ethyl adjacent to an activating group) is 1. The maximum absolute atomic E-state index is 12.9. The molecule has 2 aromatic rings. The van der Waals surface area contributed by atoms with Gasteiger partial charge in [0.25, 0.3) is 11.6 Å². The topological polar surface area (TPSA) is 122 Å². The first-order valence-electron chi connectivity index (χ1n) is 9.56. The van der Waals surface area contributed by atoms with Crippen molar-refractivity contribution < 1.29 is 23.7 Å². The van der Waals surface area contributed by atoms with Crippen molar-refractivity contribution in [3.8, 4) is 0 Å². The van der Waals surface area contributed by atoms with Gasteiger partial charge in [0.2, 0.25) is 11.8 Å². The molecule has 164 valence electrons. The van der Waals surface area contributed by atoms with E-state index in [-0.39, 0.29) is 36.7 Å². The van der Waals surface area contributed by atoms with E-state index in [1.807, 2.05) is 0 Å². The molecule has 0 aliphatic carbocycles. The zero-order valence-corrected chi connectivity index (χ0v) is 17.1. The summed E-state index contributed by atoms with van der Waals surface area (Å²) in [5.41, 5.74) is 0.523. The molecule has 0 radical (unpaired) electrons. The van der Waals surface area contributed by atoms with Gasteiger partial charge in [-0.1, -0.05) is 18.2 Å². The molecule has 0 spiro atoms. The van der Waals surface area contributed by atoms with Crippen molar-refractivity contribution in [1.29, 1.82) is 0 Å². The van der Waals surface area contributed by atoms with E-state index in [1.54, 1.807) is 19.1 Å². The summed E-state index contributed by atoms with van der Waals surface area (Å²) in [6, 6.07) is 9.87. The maximum atomic E-state index is 12.9. The molecule has 0 bridgehead atoms. The van der Waals surface area contributed by atoms with Gasteiger partial charge < -0.3 is 15.5 Å². The molecule has 9 nitrogen and oxygen atoms in total. The molecule has 0 aliphatic heterocycles. The van der Waals surface area contributed by atoms with Crippen LogP contribution in [0, 0.1) is 15.9 Å². The largest absolute Gasteiger partial charge is 0.350 e. The second-order valence-electron chi connectivity index (χ2n) is 6.76. The number of carbonyl (C=O) groups excluding carboxylic acids is 3. The van der Waals surface area contributed by atoms with Gasteiger partial charge in [-0.3, -0.25) is 24.5 Å². The number of benzene rings is 2. The van der Waals surface area contributed by atoms with Crippen LogP contribution >= 0.6 is 0 Å². The second kappa shape index (κ2) is 10.8. The minimum Gasteiger partial charge on any atom is -0.350 e. The number of nitrogens with one attached hydrogen (secondary N) is 2. The minimum absolute atomic E-state index is 0.0499. The molecule has 0 saturated heterocycles. The lowest BCUT2D eigenvalue weighted by atomic mass is 10.1. The van der Waals surface area contributed by atoms with E-state index in [4.69, 9.17) is 0 Å². The number of nitrogens with zero attached hydrogens (tertiary/aromatic N) is 2. The smallest absolute Gasteiger partial charge is 0.270 e. The average Bonchev–Trinajstić information content (AvgIpc) is 2.76. The lowest BCUT2D eigenvalue weighted by molar-refractivity contribution is -0.384. The fraction of sp³-hybridized carbons (Fsp3) is 0.286. The third-order valence-electron chi connectivity index (χ3n) is 4.47. The maximum Gasteiger partial charge on any atom is 0.270 e. The predicted molar refractivity (Wildman–Crippen MR) is 111 cm³/mol. The van der Waals surface area contributed by atoms with Gasteiger partial charge in [0.1, 0.15) is 11.9 Å². The highest BCUT2D eigenvalue weighted by molar-refractivity contribution is 5.98. The standard InChI is InChI=1S/C21H23FN4O5/c1-3-25(13-19(27)23-12-15-7-9-17(22)10-8-15)21(29)14(2)24-20(28)16-5-4-6-18(11-16)26(30)31/h4-11,14H,3,12-13H2,1-2H3,(H,23,27)(H,24,28)/t14-/m1/s1. The van der Waals surface area contributed by atoms with Crippen LogP contribution in [-0.4, -0.2) is 46.7 Å². The lowest BCUT2D eigenvalue weighted by Gasteiger charge is -2.24. The highest BCUT2D eigenvalue weighted by atomic mass is 19.1. The fourth-order valence-electron chi connectivity index (χ4n) is 2.75. The highest BCUT2D eigenvalue weighted by Gasteiger charge is 2.23. The summed E-state index contributed by atoms with van der Waals surface area (Å²) in [7, 11) is 0. The van der Waals surface area contributed by atoms with Gasteiger partial charge >= 0.3 is 0 Å². The van der Waals surface area contributed by atoms with Crippen molar-refractivity contribution in [2.24, 2.45) is 0 Å². The van der Waals surface area contributed by atoms with Crippen LogP contribution in [-0.2, 0) is 16.1 Å². The van der Waals surface area contributed by atoms with Crippen LogP contribution in [0.3, 0.4) is 0 Å². The minimum atomic E-state index is -0.948. The third-order valence-corrected chi connectivity index (χ3v) is 4.47. The monoisotopic (exact) mass is 430 g/mol. The van der Waals surface area contributed by atoms with E-state index in [2.05, 4.69) is 10.6 Å². The van der Waals surface area contributed by atoms with Crippen LogP contribution in [0.25, 0.3) is 0 Å². The third kappa shape index (κ3) is 6.88. The quantitative estimate of drug-likeness (QED) is 0.466. The molecule has 3 amide bonds. The van der Waals surface area contributed by atoms with E-state index < -0.39 is 28.7 Å². The van der Waals surface area contributed by atoms with Crippen molar-refractivity contribution in [2.75, 3.05) is 13.1 Å². The zero-order chi connectivity index (χ0) is 23.0. The first kappa shape index (κ1) is 23.5. The SMILES string of the molecule is CCN(CC(=O)NCc1ccc(F)cc1)C(=O)[C@@H](C)NC(=O)c1cccc([N+](=O)[O-])c1. The zero-order valence-electron chi connectivity index (χ0n) is 17.1. The van der Waals surface area contributed by atoms with Crippen molar-refractivity contribution >= 4 is 23.4 Å². The Hall–Kier alpha value is -3.82. The molecule has 2 N–H and O–H groups in total. The summed E-state index contributed by atoms with van der Waals surface area (Å²) in [5, 5.41) is 16.0. The van der Waals surface area contributed by atoms with Crippen LogP contribution in [0.1, 0.15) is 29.8 Å². The average molecular weight is 430 g/mol.